The molecule has 1 heterocycles. The minimum absolute atomic E-state index is 0.174. The molecule has 0 amide bonds. The van der Waals surface area contributed by atoms with Gasteiger partial charge in [0.25, 0.3) is 0 Å². The van der Waals surface area contributed by atoms with Crippen LogP contribution < -0.4 is 11.1 Å². The Kier molecular flexibility index (Phi) is 4.38. The molecule has 0 atom stereocenters. The third-order valence-electron chi connectivity index (χ3n) is 4.18. The SMILES string of the molecule is CCC(CC)(CN)CNc1ccc2ccccc2n1. The van der Waals surface area contributed by atoms with Gasteiger partial charge >= 0.3 is 0 Å². The number of aromatic nitrogens is 1. The van der Waals surface area contributed by atoms with E-state index in [1.807, 2.05) is 24.3 Å². The molecule has 1 aromatic heterocycles. The number of anilines is 1. The van der Waals surface area contributed by atoms with Crippen molar-refractivity contribution in [2.45, 2.75) is 26.7 Å². The molecular weight excluding hydrogens is 234 g/mol. The van der Waals surface area contributed by atoms with E-state index in [9.17, 15) is 0 Å². The highest BCUT2D eigenvalue weighted by Gasteiger charge is 2.24. The molecule has 0 radical (unpaired) electrons. The lowest BCUT2D eigenvalue weighted by molar-refractivity contribution is 0.294. The molecule has 19 heavy (non-hydrogen) atoms. The predicted molar refractivity (Wildman–Crippen MR) is 82.3 cm³/mol. The molecule has 0 spiro atoms. The summed E-state index contributed by atoms with van der Waals surface area (Å²) < 4.78 is 0. The van der Waals surface area contributed by atoms with Gasteiger partial charge in [-0.15, -0.1) is 0 Å². The Morgan fingerprint density at radius 2 is 1.84 bits per heavy atom. The molecule has 0 aliphatic carbocycles. The number of pyridine rings is 1. The van der Waals surface area contributed by atoms with Crippen LogP contribution in [0.3, 0.4) is 0 Å². The molecule has 3 nitrogen and oxygen atoms in total. The molecule has 2 rings (SSSR count). The van der Waals surface area contributed by atoms with Gasteiger partial charge in [-0.1, -0.05) is 32.0 Å². The van der Waals surface area contributed by atoms with Crippen molar-refractivity contribution >= 4 is 16.7 Å². The molecule has 102 valence electrons. The second-order valence-electron chi connectivity index (χ2n) is 5.15. The Balaban J connectivity index is 2.13. The van der Waals surface area contributed by atoms with Crippen LogP contribution in [-0.2, 0) is 0 Å². The molecule has 1 aromatic carbocycles. The van der Waals surface area contributed by atoms with Gasteiger partial charge in [0.15, 0.2) is 0 Å². The number of hydrogen-bond donors (Lipinski definition) is 2. The smallest absolute Gasteiger partial charge is 0.126 e. The summed E-state index contributed by atoms with van der Waals surface area (Å²) in [5.74, 6) is 0.929. The molecule has 3 N–H and O–H groups in total. The Labute approximate surface area is 115 Å². The van der Waals surface area contributed by atoms with E-state index in [0.29, 0.717) is 6.54 Å². The number of nitrogens with two attached hydrogens (primary N) is 1. The van der Waals surface area contributed by atoms with Gasteiger partial charge in [0.2, 0.25) is 0 Å². The van der Waals surface area contributed by atoms with Crippen molar-refractivity contribution in [3.8, 4) is 0 Å². The first-order valence-corrected chi connectivity index (χ1v) is 7.03. The summed E-state index contributed by atoms with van der Waals surface area (Å²) in [6.07, 6.45) is 2.17. The summed E-state index contributed by atoms with van der Waals surface area (Å²) in [6, 6.07) is 12.3. The van der Waals surface area contributed by atoms with Gasteiger partial charge in [-0.25, -0.2) is 4.98 Å². The van der Waals surface area contributed by atoms with Crippen molar-refractivity contribution in [1.82, 2.24) is 4.98 Å². The van der Waals surface area contributed by atoms with Crippen molar-refractivity contribution in [2.75, 3.05) is 18.4 Å². The first-order chi connectivity index (χ1) is 9.23. The van der Waals surface area contributed by atoms with Gasteiger partial charge in [0.1, 0.15) is 5.82 Å². The van der Waals surface area contributed by atoms with Crippen molar-refractivity contribution in [1.29, 1.82) is 0 Å². The lowest BCUT2D eigenvalue weighted by Gasteiger charge is -2.30. The first kappa shape index (κ1) is 13.8. The van der Waals surface area contributed by atoms with E-state index in [-0.39, 0.29) is 5.41 Å². The average Bonchev–Trinajstić information content (AvgIpc) is 2.49. The van der Waals surface area contributed by atoms with Crippen LogP contribution in [0.2, 0.25) is 0 Å². The fourth-order valence-electron chi connectivity index (χ4n) is 2.30. The largest absolute Gasteiger partial charge is 0.369 e. The maximum Gasteiger partial charge on any atom is 0.126 e. The second kappa shape index (κ2) is 6.02. The molecular formula is C16H23N3. The molecule has 0 unspecified atom stereocenters. The number of para-hydroxylation sites is 1. The topological polar surface area (TPSA) is 50.9 Å². The van der Waals surface area contributed by atoms with Gasteiger partial charge in [0.05, 0.1) is 5.52 Å². The molecule has 0 aliphatic heterocycles. The highest BCUT2D eigenvalue weighted by atomic mass is 15.0. The number of rotatable bonds is 6. The predicted octanol–water partition coefficient (Wildman–Crippen LogP) is 3.41. The molecule has 2 aromatic rings. The lowest BCUT2D eigenvalue weighted by Crippen LogP contribution is -2.36. The Hall–Kier alpha value is -1.61. The van der Waals surface area contributed by atoms with Crippen LogP contribution in [0.4, 0.5) is 5.82 Å². The van der Waals surface area contributed by atoms with Crippen molar-refractivity contribution in [3.63, 3.8) is 0 Å². The van der Waals surface area contributed by atoms with Gasteiger partial charge in [0, 0.05) is 11.9 Å². The average molecular weight is 257 g/mol. The van der Waals surface area contributed by atoms with Crippen LogP contribution in [-0.4, -0.2) is 18.1 Å². The minimum atomic E-state index is 0.174. The zero-order valence-corrected chi connectivity index (χ0v) is 11.8. The van der Waals surface area contributed by atoms with E-state index in [1.54, 1.807) is 0 Å². The van der Waals surface area contributed by atoms with E-state index in [0.717, 1.165) is 30.7 Å². The zero-order chi connectivity index (χ0) is 13.7. The molecule has 3 heteroatoms. The van der Waals surface area contributed by atoms with Crippen LogP contribution in [0.15, 0.2) is 36.4 Å². The quantitative estimate of drug-likeness (QED) is 0.833. The van der Waals surface area contributed by atoms with Crippen LogP contribution >= 0.6 is 0 Å². The van der Waals surface area contributed by atoms with E-state index in [2.05, 4.69) is 36.3 Å². The number of nitrogens with zero attached hydrogens (tertiary/aromatic N) is 1. The van der Waals surface area contributed by atoms with Gasteiger partial charge in [-0.05, 0) is 43.0 Å². The van der Waals surface area contributed by atoms with Crippen molar-refractivity contribution < 1.29 is 0 Å². The zero-order valence-electron chi connectivity index (χ0n) is 11.8. The Bertz CT molecular complexity index is 524. The number of benzene rings is 1. The number of hydrogen-bond acceptors (Lipinski definition) is 3. The van der Waals surface area contributed by atoms with Gasteiger partial charge < -0.3 is 11.1 Å². The molecule has 0 saturated carbocycles. The number of nitrogens with one attached hydrogen (secondary N) is 1. The molecule has 0 aliphatic rings. The summed E-state index contributed by atoms with van der Waals surface area (Å²) in [6.45, 7) is 5.99. The highest BCUT2D eigenvalue weighted by molar-refractivity contribution is 5.80. The summed E-state index contributed by atoms with van der Waals surface area (Å²) in [5, 5.41) is 4.61. The fraction of sp³-hybridized carbons (Fsp3) is 0.438. The third kappa shape index (κ3) is 3.04. The summed E-state index contributed by atoms with van der Waals surface area (Å²) >= 11 is 0. The monoisotopic (exact) mass is 257 g/mol. The number of fused-ring (bicyclic) bond motifs is 1. The van der Waals surface area contributed by atoms with E-state index in [4.69, 9.17) is 5.73 Å². The first-order valence-electron chi connectivity index (χ1n) is 7.03. The van der Waals surface area contributed by atoms with Crippen molar-refractivity contribution in [2.24, 2.45) is 11.1 Å². The van der Waals surface area contributed by atoms with E-state index in [1.165, 1.54) is 5.39 Å². The van der Waals surface area contributed by atoms with E-state index >= 15 is 0 Å². The molecule has 0 saturated heterocycles. The second-order valence-corrected chi connectivity index (χ2v) is 5.15. The summed E-state index contributed by atoms with van der Waals surface area (Å²) in [7, 11) is 0. The molecule has 0 bridgehead atoms. The standard InChI is InChI=1S/C16H23N3/c1-3-16(4-2,11-17)12-18-15-10-9-13-7-5-6-8-14(13)19-15/h5-10H,3-4,11-12,17H2,1-2H3,(H,18,19). The van der Waals surface area contributed by atoms with Crippen LogP contribution in [0.5, 0.6) is 0 Å². The fourth-order valence-corrected chi connectivity index (χ4v) is 2.30. The maximum atomic E-state index is 5.92. The molecule has 0 fully saturated rings. The van der Waals surface area contributed by atoms with Crippen LogP contribution in [0.25, 0.3) is 10.9 Å². The van der Waals surface area contributed by atoms with Crippen LogP contribution in [0.1, 0.15) is 26.7 Å². The Morgan fingerprint density at radius 1 is 1.11 bits per heavy atom. The minimum Gasteiger partial charge on any atom is -0.369 e. The maximum absolute atomic E-state index is 5.92. The van der Waals surface area contributed by atoms with Gasteiger partial charge in [-0.2, -0.15) is 0 Å². The summed E-state index contributed by atoms with van der Waals surface area (Å²) in [4.78, 5) is 4.63. The summed E-state index contributed by atoms with van der Waals surface area (Å²) in [5.41, 5.74) is 7.12. The lowest BCUT2D eigenvalue weighted by atomic mass is 9.82. The van der Waals surface area contributed by atoms with Crippen LogP contribution in [0, 0.1) is 5.41 Å². The van der Waals surface area contributed by atoms with E-state index < -0.39 is 0 Å². The Morgan fingerprint density at radius 3 is 2.53 bits per heavy atom. The van der Waals surface area contributed by atoms with Crippen molar-refractivity contribution in [3.05, 3.63) is 36.4 Å². The highest BCUT2D eigenvalue weighted by Crippen LogP contribution is 2.25. The third-order valence-corrected chi connectivity index (χ3v) is 4.18. The van der Waals surface area contributed by atoms with Gasteiger partial charge in [-0.3, -0.25) is 0 Å². The normalized spacial score (nSPS) is 11.7.